The van der Waals surface area contributed by atoms with Crippen LogP contribution in [0.25, 0.3) is 0 Å². The summed E-state index contributed by atoms with van der Waals surface area (Å²) in [7, 11) is 0. The van der Waals surface area contributed by atoms with Crippen molar-refractivity contribution >= 4 is 0 Å². The van der Waals surface area contributed by atoms with E-state index in [4.69, 9.17) is 9.72 Å². The molecular weight excluding hydrogens is 262 g/mol. The minimum absolute atomic E-state index is 0.0957. The van der Waals surface area contributed by atoms with Gasteiger partial charge in [-0.2, -0.15) is 0 Å². The topological polar surface area (TPSA) is 39.1 Å². The molecule has 1 N–H and O–H groups in total. The predicted octanol–water partition coefficient (Wildman–Crippen LogP) is 2.64. The molecule has 0 aromatic carbocycles. The number of hydrogen-bond acceptors (Lipinski definition) is 3. The number of nitrogens with zero attached hydrogens (tertiary/aromatic N) is 2. The van der Waals surface area contributed by atoms with Crippen LogP contribution >= 0.6 is 0 Å². The summed E-state index contributed by atoms with van der Waals surface area (Å²) in [5.41, 5.74) is 2.82. The first-order valence-electron chi connectivity index (χ1n) is 8.41. The molecule has 3 rings (SSSR count). The Kier molecular flexibility index (Phi) is 4.10. The van der Waals surface area contributed by atoms with Crippen LogP contribution in [0.5, 0.6) is 0 Å². The zero-order valence-corrected chi connectivity index (χ0v) is 13.9. The number of ether oxygens (including phenoxy) is 1. The number of imidazole rings is 1. The Balaban J connectivity index is 1.94. The van der Waals surface area contributed by atoms with Crippen LogP contribution < -0.4 is 5.32 Å². The van der Waals surface area contributed by atoms with Crippen molar-refractivity contribution in [2.45, 2.75) is 71.6 Å². The van der Waals surface area contributed by atoms with Gasteiger partial charge in [0, 0.05) is 49.7 Å². The van der Waals surface area contributed by atoms with Crippen LogP contribution in [0.4, 0.5) is 0 Å². The number of rotatable bonds is 3. The van der Waals surface area contributed by atoms with Gasteiger partial charge in [0.15, 0.2) is 0 Å². The van der Waals surface area contributed by atoms with E-state index in [1.807, 2.05) is 0 Å². The molecule has 2 unspecified atom stereocenters. The molecule has 0 radical (unpaired) electrons. The highest BCUT2D eigenvalue weighted by atomic mass is 16.5. The summed E-state index contributed by atoms with van der Waals surface area (Å²) in [5.74, 6) is 1.89. The summed E-state index contributed by atoms with van der Waals surface area (Å²) >= 11 is 0. The average molecular weight is 291 g/mol. The molecule has 3 heterocycles. The maximum atomic E-state index is 5.89. The summed E-state index contributed by atoms with van der Waals surface area (Å²) in [5, 5.41) is 3.45. The summed E-state index contributed by atoms with van der Waals surface area (Å²) in [6, 6.07) is 0. The smallest absolute Gasteiger partial charge is 0.114 e. The molecule has 4 nitrogen and oxygen atoms in total. The molecule has 21 heavy (non-hydrogen) atoms. The van der Waals surface area contributed by atoms with Gasteiger partial charge in [-0.25, -0.2) is 4.98 Å². The molecule has 2 aliphatic heterocycles. The largest absolute Gasteiger partial charge is 0.378 e. The van der Waals surface area contributed by atoms with Crippen molar-refractivity contribution in [2.75, 3.05) is 13.2 Å². The second-order valence-corrected chi connectivity index (χ2v) is 7.48. The highest BCUT2D eigenvalue weighted by Crippen LogP contribution is 2.31. The molecule has 0 bridgehead atoms. The molecule has 0 saturated carbocycles. The SMILES string of the molecule is CCC1OCCC1Cn1c(C(C)(C)C)nc2c1CCNC2. The lowest BCUT2D eigenvalue weighted by Crippen LogP contribution is -2.28. The number of hydrogen-bond donors (Lipinski definition) is 1. The van der Waals surface area contributed by atoms with Crippen LogP contribution in [-0.4, -0.2) is 28.8 Å². The third-order valence-corrected chi connectivity index (χ3v) is 4.82. The lowest BCUT2D eigenvalue weighted by atomic mass is 9.94. The van der Waals surface area contributed by atoms with E-state index in [0.29, 0.717) is 12.0 Å². The lowest BCUT2D eigenvalue weighted by molar-refractivity contribution is 0.0828. The van der Waals surface area contributed by atoms with E-state index >= 15 is 0 Å². The van der Waals surface area contributed by atoms with E-state index in [1.54, 1.807) is 0 Å². The van der Waals surface area contributed by atoms with Crippen LogP contribution in [-0.2, 0) is 29.7 Å². The molecule has 4 heteroatoms. The quantitative estimate of drug-likeness (QED) is 0.930. The molecular formula is C17H29N3O. The number of fused-ring (bicyclic) bond motifs is 1. The van der Waals surface area contributed by atoms with E-state index in [0.717, 1.165) is 39.1 Å². The maximum absolute atomic E-state index is 5.89. The fourth-order valence-electron chi connectivity index (χ4n) is 3.73. The number of nitrogens with one attached hydrogen (secondary N) is 1. The summed E-state index contributed by atoms with van der Waals surface area (Å²) in [6.45, 7) is 13.0. The third kappa shape index (κ3) is 2.88. The van der Waals surface area contributed by atoms with Crippen LogP contribution in [0.15, 0.2) is 0 Å². The Labute approximate surface area is 128 Å². The van der Waals surface area contributed by atoms with Gasteiger partial charge < -0.3 is 14.6 Å². The van der Waals surface area contributed by atoms with E-state index in [-0.39, 0.29) is 5.41 Å². The molecule has 0 aliphatic carbocycles. The molecule has 2 atom stereocenters. The van der Waals surface area contributed by atoms with Gasteiger partial charge in [0.2, 0.25) is 0 Å². The van der Waals surface area contributed by atoms with Crippen LogP contribution in [0.2, 0.25) is 0 Å². The van der Waals surface area contributed by atoms with Gasteiger partial charge >= 0.3 is 0 Å². The van der Waals surface area contributed by atoms with Gasteiger partial charge in [-0.1, -0.05) is 27.7 Å². The zero-order valence-electron chi connectivity index (χ0n) is 13.9. The van der Waals surface area contributed by atoms with Gasteiger partial charge in [0.05, 0.1) is 11.8 Å². The Morgan fingerprint density at radius 1 is 1.38 bits per heavy atom. The van der Waals surface area contributed by atoms with Gasteiger partial charge in [-0.15, -0.1) is 0 Å². The van der Waals surface area contributed by atoms with E-state index < -0.39 is 0 Å². The Bertz CT molecular complexity index is 501. The highest BCUT2D eigenvalue weighted by molar-refractivity contribution is 5.23. The Hall–Kier alpha value is -0.870. The second kappa shape index (κ2) is 5.73. The Morgan fingerprint density at radius 3 is 2.90 bits per heavy atom. The van der Waals surface area contributed by atoms with Gasteiger partial charge in [-0.3, -0.25) is 0 Å². The lowest BCUT2D eigenvalue weighted by Gasteiger charge is -2.25. The van der Waals surface area contributed by atoms with Crippen molar-refractivity contribution in [3.8, 4) is 0 Å². The van der Waals surface area contributed by atoms with Crippen molar-refractivity contribution in [3.63, 3.8) is 0 Å². The molecule has 1 aromatic rings. The van der Waals surface area contributed by atoms with Crippen molar-refractivity contribution in [1.29, 1.82) is 0 Å². The summed E-state index contributed by atoms with van der Waals surface area (Å²) < 4.78 is 8.41. The summed E-state index contributed by atoms with van der Waals surface area (Å²) in [4.78, 5) is 4.97. The molecule has 118 valence electrons. The first-order valence-corrected chi connectivity index (χ1v) is 8.41. The predicted molar refractivity (Wildman–Crippen MR) is 84.5 cm³/mol. The van der Waals surface area contributed by atoms with Crippen LogP contribution in [0.3, 0.4) is 0 Å². The number of aromatic nitrogens is 2. The van der Waals surface area contributed by atoms with Gasteiger partial charge in [-0.05, 0) is 12.8 Å². The summed E-state index contributed by atoms with van der Waals surface area (Å²) in [6.07, 6.45) is 3.84. The van der Waals surface area contributed by atoms with Crippen LogP contribution in [0.1, 0.15) is 57.7 Å². The first-order chi connectivity index (χ1) is 10.0. The van der Waals surface area contributed by atoms with Crippen molar-refractivity contribution in [1.82, 2.24) is 14.9 Å². The van der Waals surface area contributed by atoms with Gasteiger partial charge in [0.1, 0.15) is 5.82 Å². The Morgan fingerprint density at radius 2 is 2.19 bits per heavy atom. The van der Waals surface area contributed by atoms with Crippen molar-refractivity contribution < 1.29 is 4.74 Å². The molecule has 0 spiro atoms. The monoisotopic (exact) mass is 291 g/mol. The standard InChI is InChI=1S/C17H29N3O/c1-5-15-12(7-9-21-15)11-20-14-6-8-18-10-13(14)19-16(20)17(2,3)4/h12,15,18H,5-11H2,1-4H3. The molecule has 2 aliphatic rings. The van der Waals surface area contributed by atoms with E-state index in [1.165, 1.54) is 23.6 Å². The first kappa shape index (κ1) is 15.0. The molecule has 1 fully saturated rings. The van der Waals surface area contributed by atoms with Gasteiger partial charge in [0.25, 0.3) is 0 Å². The third-order valence-electron chi connectivity index (χ3n) is 4.82. The molecule has 1 saturated heterocycles. The van der Waals surface area contributed by atoms with Crippen LogP contribution in [0, 0.1) is 5.92 Å². The van der Waals surface area contributed by atoms with Crippen molar-refractivity contribution in [3.05, 3.63) is 17.2 Å². The normalized spacial score (nSPS) is 26.1. The zero-order chi connectivity index (χ0) is 15.0. The molecule has 1 aromatic heterocycles. The van der Waals surface area contributed by atoms with E-state index in [9.17, 15) is 0 Å². The van der Waals surface area contributed by atoms with Crippen molar-refractivity contribution in [2.24, 2.45) is 5.92 Å². The molecule has 0 amide bonds. The fourth-order valence-corrected chi connectivity index (χ4v) is 3.73. The second-order valence-electron chi connectivity index (χ2n) is 7.48. The van der Waals surface area contributed by atoms with E-state index in [2.05, 4.69) is 37.6 Å². The minimum atomic E-state index is 0.0957. The average Bonchev–Trinajstić information content (AvgIpc) is 3.03. The maximum Gasteiger partial charge on any atom is 0.114 e. The highest BCUT2D eigenvalue weighted by Gasteiger charge is 2.32. The fraction of sp³-hybridized carbons (Fsp3) is 0.824. The minimum Gasteiger partial charge on any atom is -0.378 e.